The van der Waals surface area contributed by atoms with Crippen molar-refractivity contribution in [3.63, 3.8) is 0 Å². The number of methoxy groups -OCH3 is 2. The summed E-state index contributed by atoms with van der Waals surface area (Å²) in [4.78, 5) is 13.2. The SMILES string of the molecule is COc1cccc(N2CCCN(Cc3cnc(OC)nc3)CC2)c1. The van der Waals surface area contributed by atoms with E-state index in [2.05, 4.69) is 31.9 Å². The van der Waals surface area contributed by atoms with Gasteiger partial charge in [0.05, 0.1) is 14.2 Å². The van der Waals surface area contributed by atoms with Crippen molar-refractivity contribution >= 4 is 5.69 Å². The highest BCUT2D eigenvalue weighted by Crippen LogP contribution is 2.22. The molecule has 0 bridgehead atoms. The van der Waals surface area contributed by atoms with Crippen LogP contribution in [0.5, 0.6) is 11.8 Å². The fourth-order valence-electron chi connectivity index (χ4n) is 2.98. The molecule has 0 unspecified atom stereocenters. The van der Waals surface area contributed by atoms with Crippen molar-refractivity contribution in [2.75, 3.05) is 45.3 Å². The number of rotatable bonds is 5. The highest BCUT2D eigenvalue weighted by Gasteiger charge is 2.16. The molecule has 0 atom stereocenters. The highest BCUT2D eigenvalue weighted by atomic mass is 16.5. The lowest BCUT2D eigenvalue weighted by atomic mass is 10.2. The fraction of sp³-hybridized carbons (Fsp3) is 0.444. The van der Waals surface area contributed by atoms with Gasteiger partial charge >= 0.3 is 6.01 Å². The molecule has 1 fully saturated rings. The van der Waals surface area contributed by atoms with Gasteiger partial charge in [-0.2, -0.15) is 0 Å². The molecule has 2 aromatic rings. The third-order valence-corrected chi connectivity index (χ3v) is 4.28. The van der Waals surface area contributed by atoms with E-state index in [1.165, 1.54) is 5.69 Å². The molecule has 0 saturated carbocycles. The monoisotopic (exact) mass is 328 g/mol. The molecule has 1 aliphatic rings. The minimum atomic E-state index is 0.416. The minimum Gasteiger partial charge on any atom is -0.497 e. The maximum Gasteiger partial charge on any atom is 0.316 e. The van der Waals surface area contributed by atoms with Gasteiger partial charge in [-0.3, -0.25) is 4.90 Å². The molecule has 0 amide bonds. The molecule has 0 spiro atoms. The van der Waals surface area contributed by atoms with Gasteiger partial charge in [0.1, 0.15) is 5.75 Å². The van der Waals surface area contributed by atoms with Crippen molar-refractivity contribution in [1.82, 2.24) is 14.9 Å². The van der Waals surface area contributed by atoms with Crippen LogP contribution in [0.2, 0.25) is 0 Å². The van der Waals surface area contributed by atoms with Crippen LogP contribution >= 0.6 is 0 Å². The lowest BCUT2D eigenvalue weighted by Gasteiger charge is -2.24. The van der Waals surface area contributed by atoms with Gasteiger partial charge in [0, 0.05) is 62.4 Å². The first kappa shape index (κ1) is 16.5. The molecule has 3 rings (SSSR count). The number of ether oxygens (including phenoxy) is 2. The summed E-state index contributed by atoms with van der Waals surface area (Å²) in [6.45, 7) is 5.03. The van der Waals surface area contributed by atoms with E-state index in [1.54, 1.807) is 14.2 Å². The van der Waals surface area contributed by atoms with Gasteiger partial charge in [0.15, 0.2) is 0 Å². The van der Waals surface area contributed by atoms with E-state index in [4.69, 9.17) is 9.47 Å². The zero-order valence-corrected chi connectivity index (χ0v) is 14.3. The van der Waals surface area contributed by atoms with Crippen LogP contribution in [0.4, 0.5) is 5.69 Å². The predicted octanol–water partition coefficient (Wildman–Crippen LogP) is 2.21. The summed E-state index contributed by atoms with van der Waals surface area (Å²) in [6.07, 6.45) is 4.82. The third-order valence-electron chi connectivity index (χ3n) is 4.28. The smallest absolute Gasteiger partial charge is 0.316 e. The quantitative estimate of drug-likeness (QED) is 0.839. The minimum absolute atomic E-state index is 0.416. The van der Waals surface area contributed by atoms with Crippen LogP contribution in [0, 0.1) is 0 Å². The van der Waals surface area contributed by atoms with E-state index in [-0.39, 0.29) is 0 Å². The first-order valence-corrected chi connectivity index (χ1v) is 8.25. The van der Waals surface area contributed by atoms with Crippen molar-refractivity contribution in [3.8, 4) is 11.8 Å². The summed E-state index contributed by atoms with van der Waals surface area (Å²) in [6, 6.07) is 8.70. The van der Waals surface area contributed by atoms with Gasteiger partial charge < -0.3 is 14.4 Å². The Bertz CT molecular complexity index is 648. The summed E-state index contributed by atoms with van der Waals surface area (Å²) in [5.41, 5.74) is 2.34. The van der Waals surface area contributed by atoms with Gasteiger partial charge in [-0.15, -0.1) is 0 Å². The number of anilines is 1. The van der Waals surface area contributed by atoms with Gasteiger partial charge in [-0.25, -0.2) is 9.97 Å². The van der Waals surface area contributed by atoms with E-state index in [9.17, 15) is 0 Å². The van der Waals surface area contributed by atoms with Gasteiger partial charge in [0.2, 0.25) is 0 Å². The molecule has 1 aromatic carbocycles. The highest BCUT2D eigenvalue weighted by molar-refractivity contribution is 5.50. The van der Waals surface area contributed by atoms with Gasteiger partial charge in [-0.1, -0.05) is 6.07 Å². The van der Waals surface area contributed by atoms with Crippen molar-refractivity contribution < 1.29 is 9.47 Å². The van der Waals surface area contributed by atoms with Crippen LogP contribution in [0.3, 0.4) is 0 Å². The second-order valence-electron chi connectivity index (χ2n) is 5.90. The van der Waals surface area contributed by atoms with E-state index >= 15 is 0 Å². The van der Waals surface area contributed by atoms with E-state index in [0.29, 0.717) is 6.01 Å². The van der Waals surface area contributed by atoms with Crippen LogP contribution in [-0.4, -0.2) is 55.3 Å². The molecular weight excluding hydrogens is 304 g/mol. The Hall–Kier alpha value is -2.34. The molecule has 0 radical (unpaired) electrons. The number of hydrogen-bond donors (Lipinski definition) is 0. The molecule has 24 heavy (non-hydrogen) atoms. The number of benzene rings is 1. The lowest BCUT2D eigenvalue weighted by Crippen LogP contribution is -2.30. The largest absolute Gasteiger partial charge is 0.497 e. The lowest BCUT2D eigenvalue weighted by molar-refractivity contribution is 0.284. The molecule has 1 aromatic heterocycles. The van der Waals surface area contributed by atoms with Crippen molar-refractivity contribution in [3.05, 3.63) is 42.2 Å². The summed E-state index contributed by atoms with van der Waals surface area (Å²) >= 11 is 0. The standard InChI is InChI=1S/C18H24N4O2/c1-23-17-6-3-5-16(11-17)22-8-4-7-21(9-10-22)14-15-12-19-18(24-2)20-13-15/h3,5-6,11-13H,4,7-10,14H2,1-2H3. The maximum atomic E-state index is 5.33. The summed E-state index contributed by atoms with van der Waals surface area (Å²) in [5.74, 6) is 0.906. The summed E-state index contributed by atoms with van der Waals surface area (Å²) in [7, 11) is 3.29. The van der Waals surface area contributed by atoms with Gasteiger partial charge in [0.25, 0.3) is 0 Å². The summed E-state index contributed by atoms with van der Waals surface area (Å²) in [5, 5.41) is 0. The van der Waals surface area contributed by atoms with Crippen molar-refractivity contribution in [2.24, 2.45) is 0 Å². The second-order valence-corrected chi connectivity index (χ2v) is 5.90. The molecule has 6 heteroatoms. The van der Waals surface area contributed by atoms with Crippen LogP contribution in [0.1, 0.15) is 12.0 Å². The zero-order chi connectivity index (χ0) is 16.8. The Morgan fingerprint density at radius 1 is 1.00 bits per heavy atom. The Labute approximate surface area is 143 Å². The molecule has 2 heterocycles. The molecule has 0 aliphatic carbocycles. The number of hydrogen-bond acceptors (Lipinski definition) is 6. The first-order valence-electron chi connectivity index (χ1n) is 8.25. The van der Waals surface area contributed by atoms with Crippen molar-refractivity contribution in [1.29, 1.82) is 0 Å². The predicted molar refractivity (Wildman–Crippen MR) is 93.7 cm³/mol. The Morgan fingerprint density at radius 3 is 2.58 bits per heavy atom. The van der Waals surface area contributed by atoms with Crippen LogP contribution in [0.15, 0.2) is 36.7 Å². The Kier molecular flexibility index (Phi) is 5.48. The number of nitrogens with zero attached hydrogens (tertiary/aromatic N) is 4. The second kappa shape index (κ2) is 7.97. The Balaban J connectivity index is 1.59. The van der Waals surface area contributed by atoms with E-state index in [1.807, 2.05) is 24.5 Å². The fourth-order valence-corrected chi connectivity index (χ4v) is 2.98. The average Bonchev–Trinajstić information content (AvgIpc) is 2.88. The number of aromatic nitrogens is 2. The van der Waals surface area contributed by atoms with Crippen LogP contribution in [-0.2, 0) is 6.54 Å². The molecule has 128 valence electrons. The molecule has 0 N–H and O–H groups in total. The molecule has 1 aliphatic heterocycles. The average molecular weight is 328 g/mol. The Morgan fingerprint density at radius 2 is 1.83 bits per heavy atom. The molecule has 6 nitrogen and oxygen atoms in total. The normalized spacial score (nSPS) is 15.8. The van der Waals surface area contributed by atoms with Crippen LogP contribution < -0.4 is 14.4 Å². The van der Waals surface area contributed by atoms with Crippen LogP contribution in [0.25, 0.3) is 0 Å². The summed E-state index contributed by atoms with van der Waals surface area (Å²) < 4.78 is 10.3. The van der Waals surface area contributed by atoms with E-state index < -0.39 is 0 Å². The van der Waals surface area contributed by atoms with E-state index in [0.717, 1.165) is 50.5 Å². The first-order chi connectivity index (χ1) is 11.8. The topological polar surface area (TPSA) is 50.7 Å². The third kappa shape index (κ3) is 4.14. The molecular formula is C18H24N4O2. The zero-order valence-electron chi connectivity index (χ0n) is 14.3. The maximum absolute atomic E-state index is 5.33. The molecule has 1 saturated heterocycles. The van der Waals surface area contributed by atoms with Crippen molar-refractivity contribution in [2.45, 2.75) is 13.0 Å². The van der Waals surface area contributed by atoms with Gasteiger partial charge in [-0.05, 0) is 18.6 Å².